The monoisotopic (exact) mass is 207 g/mol. The highest BCUT2D eigenvalue weighted by atomic mass is 16.3. The molecule has 15 heavy (non-hydrogen) atoms. The first-order valence-electron chi connectivity index (χ1n) is 5.52. The molecule has 0 radical (unpaired) electrons. The van der Waals surface area contributed by atoms with Crippen molar-refractivity contribution >= 4 is 0 Å². The highest BCUT2D eigenvalue weighted by Crippen LogP contribution is 2.28. The zero-order chi connectivity index (χ0) is 10.5. The molecule has 0 unspecified atom stereocenters. The van der Waals surface area contributed by atoms with Crippen LogP contribution in [-0.4, -0.2) is 39.7 Å². The largest absolute Gasteiger partial charge is 0.395 e. The van der Waals surface area contributed by atoms with Crippen molar-refractivity contribution in [2.45, 2.75) is 25.3 Å². The summed E-state index contributed by atoms with van der Waals surface area (Å²) in [5.41, 5.74) is 1.03. The summed E-state index contributed by atoms with van der Waals surface area (Å²) < 4.78 is 0. The number of β-amino-alcohol motifs (C(OH)–C–C–N with tert-alkyl or cyclic N) is 1. The molecule has 2 rings (SSSR count). The number of likely N-dealkylation sites (tertiary alicyclic amines) is 1. The van der Waals surface area contributed by atoms with Gasteiger partial charge in [0.05, 0.1) is 18.3 Å². The molecule has 0 amide bonds. The lowest BCUT2D eigenvalue weighted by molar-refractivity contribution is 0.114. The lowest BCUT2D eigenvalue weighted by Gasteiger charge is -2.34. The number of hydrogen-bond donors (Lipinski definition) is 1. The fourth-order valence-electron chi connectivity index (χ4n) is 2.20. The Labute approximate surface area is 90.0 Å². The van der Waals surface area contributed by atoms with Gasteiger partial charge in [-0.2, -0.15) is 0 Å². The van der Waals surface area contributed by atoms with Crippen molar-refractivity contribution in [3.8, 4) is 0 Å². The highest BCUT2D eigenvalue weighted by molar-refractivity contribution is 5.03. The van der Waals surface area contributed by atoms with Crippen LogP contribution >= 0.6 is 0 Å². The Kier molecular flexibility index (Phi) is 3.64. The van der Waals surface area contributed by atoms with Crippen LogP contribution in [-0.2, 0) is 0 Å². The van der Waals surface area contributed by atoms with Crippen LogP contribution in [0.25, 0.3) is 0 Å². The molecule has 0 bridgehead atoms. The quantitative estimate of drug-likeness (QED) is 0.803. The lowest BCUT2D eigenvalue weighted by atomic mass is 10.00. The van der Waals surface area contributed by atoms with Crippen molar-refractivity contribution in [1.82, 2.24) is 14.9 Å². The molecule has 2 heterocycles. The summed E-state index contributed by atoms with van der Waals surface area (Å²) in [5, 5.41) is 9.01. The van der Waals surface area contributed by atoms with Gasteiger partial charge >= 0.3 is 0 Å². The van der Waals surface area contributed by atoms with Gasteiger partial charge in [-0.3, -0.25) is 14.9 Å². The fraction of sp³-hybridized carbons (Fsp3) is 0.636. The van der Waals surface area contributed by atoms with E-state index in [4.69, 9.17) is 5.11 Å². The second kappa shape index (κ2) is 5.19. The molecule has 1 atom stereocenters. The maximum Gasteiger partial charge on any atom is 0.0758 e. The summed E-state index contributed by atoms with van der Waals surface area (Å²) in [5.74, 6) is 0. The van der Waals surface area contributed by atoms with Crippen LogP contribution in [0.1, 0.15) is 31.0 Å². The Balaban J connectivity index is 2.11. The lowest BCUT2D eigenvalue weighted by Crippen LogP contribution is -2.35. The second-order valence-corrected chi connectivity index (χ2v) is 3.90. The Bertz CT molecular complexity index is 289. The first-order chi connectivity index (χ1) is 7.42. The normalized spacial score (nSPS) is 22.9. The number of hydrogen-bond acceptors (Lipinski definition) is 4. The van der Waals surface area contributed by atoms with E-state index in [1.807, 2.05) is 6.20 Å². The molecule has 4 heteroatoms. The van der Waals surface area contributed by atoms with Crippen molar-refractivity contribution < 1.29 is 5.11 Å². The summed E-state index contributed by atoms with van der Waals surface area (Å²) in [6.07, 6.45) is 8.85. The number of aliphatic hydroxyl groups is 1. The van der Waals surface area contributed by atoms with Gasteiger partial charge in [-0.25, -0.2) is 0 Å². The summed E-state index contributed by atoms with van der Waals surface area (Å²) in [4.78, 5) is 10.8. The second-order valence-electron chi connectivity index (χ2n) is 3.90. The highest BCUT2D eigenvalue weighted by Gasteiger charge is 2.24. The van der Waals surface area contributed by atoms with Crippen LogP contribution < -0.4 is 0 Å². The van der Waals surface area contributed by atoms with Gasteiger partial charge in [0.25, 0.3) is 0 Å². The molecule has 1 aromatic heterocycles. The molecular formula is C11H17N3O. The van der Waals surface area contributed by atoms with Gasteiger partial charge in [-0.05, 0) is 19.4 Å². The van der Waals surface area contributed by atoms with Crippen LogP contribution in [0, 0.1) is 0 Å². The number of aromatic nitrogens is 2. The molecule has 4 nitrogen and oxygen atoms in total. The van der Waals surface area contributed by atoms with E-state index in [1.54, 1.807) is 12.4 Å². The number of rotatable bonds is 3. The molecular weight excluding hydrogens is 190 g/mol. The van der Waals surface area contributed by atoms with E-state index >= 15 is 0 Å². The minimum atomic E-state index is 0.219. The van der Waals surface area contributed by atoms with Gasteiger partial charge in [-0.15, -0.1) is 0 Å². The van der Waals surface area contributed by atoms with Crippen molar-refractivity contribution in [3.05, 3.63) is 24.3 Å². The fourth-order valence-corrected chi connectivity index (χ4v) is 2.20. The molecule has 0 aliphatic carbocycles. The average Bonchev–Trinajstić information content (AvgIpc) is 2.31. The van der Waals surface area contributed by atoms with E-state index in [-0.39, 0.29) is 6.61 Å². The van der Waals surface area contributed by atoms with Crippen molar-refractivity contribution in [1.29, 1.82) is 0 Å². The molecule has 1 saturated heterocycles. The van der Waals surface area contributed by atoms with Crippen LogP contribution in [0.5, 0.6) is 0 Å². The van der Waals surface area contributed by atoms with E-state index in [0.29, 0.717) is 6.04 Å². The standard InChI is InChI=1S/C11H17N3O/c15-8-7-14-6-2-1-3-11(14)10-9-12-4-5-13-10/h4-5,9,11,15H,1-3,6-8H2/t11-/m1/s1. The van der Waals surface area contributed by atoms with E-state index in [2.05, 4.69) is 14.9 Å². The SMILES string of the molecule is OCCN1CCCC[C@@H]1c1cnccn1. The molecule has 1 fully saturated rings. The summed E-state index contributed by atoms with van der Waals surface area (Å²) in [7, 11) is 0. The predicted octanol–water partition coefficient (Wildman–Crippen LogP) is 0.996. The Morgan fingerprint density at radius 1 is 1.40 bits per heavy atom. The third-order valence-corrected chi connectivity index (χ3v) is 2.93. The topological polar surface area (TPSA) is 49.2 Å². The molecule has 1 aliphatic rings. The van der Waals surface area contributed by atoms with Crippen LogP contribution in [0.4, 0.5) is 0 Å². The zero-order valence-corrected chi connectivity index (χ0v) is 8.84. The molecule has 1 aromatic rings. The van der Waals surface area contributed by atoms with Gasteiger partial charge in [0, 0.05) is 25.1 Å². The molecule has 1 aliphatic heterocycles. The molecule has 0 saturated carbocycles. The predicted molar refractivity (Wildman–Crippen MR) is 57.3 cm³/mol. The molecule has 0 aromatic carbocycles. The minimum absolute atomic E-state index is 0.219. The van der Waals surface area contributed by atoms with E-state index in [9.17, 15) is 0 Å². The number of nitrogens with zero attached hydrogens (tertiary/aromatic N) is 3. The van der Waals surface area contributed by atoms with Crippen LogP contribution in [0.2, 0.25) is 0 Å². The third kappa shape index (κ3) is 2.52. The number of aliphatic hydroxyl groups excluding tert-OH is 1. The van der Waals surface area contributed by atoms with Gasteiger partial charge in [0.15, 0.2) is 0 Å². The van der Waals surface area contributed by atoms with E-state index < -0.39 is 0 Å². The average molecular weight is 207 g/mol. The first kappa shape index (κ1) is 10.5. The summed E-state index contributed by atoms with van der Waals surface area (Å²) >= 11 is 0. The van der Waals surface area contributed by atoms with Crippen molar-refractivity contribution in [2.75, 3.05) is 19.7 Å². The van der Waals surface area contributed by atoms with Crippen molar-refractivity contribution in [2.24, 2.45) is 0 Å². The Morgan fingerprint density at radius 2 is 2.33 bits per heavy atom. The molecule has 0 spiro atoms. The van der Waals surface area contributed by atoms with Gasteiger partial charge in [0.1, 0.15) is 0 Å². The van der Waals surface area contributed by atoms with Crippen LogP contribution in [0.15, 0.2) is 18.6 Å². The summed E-state index contributed by atoms with van der Waals surface area (Å²) in [6, 6.07) is 0.347. The Morgan fingerprint density at radius 3 is 3.07 bits per heavy atom. The van der Waals surface area contributed by atoms with Crippen molar-refractivity contribution in [3.63, 3.8) is 0 Å². The Hall–Kier alpha value is -1.00. The minimum Gasteiger partial charge on any atom is -0.395 e. The molecule has 82 valence electrons. The van der Waals surface area contributed by atoms with E-state index in [1.165, 1.54) is 12.8 Å². The first-order valence-corrected chi connectivity index (χ1v) is 5.52. The third-order valence-electron chi connectivity index (χ3n) is 2.93. The summed E-state index contributed by atoms with van der Waals surface area (Å²) in [6.45, 7) is 2.01. The molecule has 1 N–H and O–H groups in total. The van der Waals surface area contributed by atoms with Crippen LogP contribution in [0.3, 0.4) is 0 Å². The van der Waals surface area contributed by atoms with Gasteiger partial charge < -0.3 is 5.11 Å². The zero-order valence-electron chi connectivity index (χ0n) is 8.84. The smallest absolute Gasteiger partial charge is 0.0758 e. The van der Waals surface area contributed by atoms with E-state index in [0.717, 1.165) is 25.2 Å². The van der Waals surface area contributed by atoms with Gasteiger partial charge in [-0.1, -0.05) is 6.42 Å². The number of piperidine rings is 1. The van der Waals surface area contributed by atoms with Gasteiger partial charge in [0.2, 0.25) is 0 Å². The maximum absolute atomic E-state index is 9.01. The maximum atomic E-state index is 9.01.